The van der Waals surface area contributed by atoms with Crippen molar-refractivity contribution in [2.45, 2.75) is 45.6 Å². The summed E-state index contributed by atoms with van der Waals surface area (Å²) in [6, 6.07) is 14.3. The second-order valence-corrected chi connectivity index (χ2v) is 8.39. The minimum absolute atomic E-state index is 0.118. The highest BCUT2D eigenvalue weighted by Crippen LogP contribution is 2.39. The molecule has 1 aliphatic rings. The number of carbonyl (C=O) groups excluding carboxylic acids is 2. The van der Waals surface area contributed by atoms with Gasteiger partial charge in [-0.05, 0) is 31.0 Å². The van der Waals surface area contributed by atoms with E-state index in [0.29, 0.717) is 12.1 Å². The number of hydrogen-bond acceptors (Lipinski definition) is 3. The number of aliphatic hydroxyl groups excluding tert-OH is 1. The van der Waals surface area contributed by atoms with Crippen LogP contribution in [0.4, 0.5) is 0 Å². The van der Waals surface area contributed by atoms with Gasteiger partial charge in [0.1, 0.15) is 5.76 Å². The molecule has 0 aromatic heterocycles. The molecule has 1 N–H and O–H groups in total. The monoisotopic (exact) mass is 455 g/mol. The van der Waals surface area contributed by atoms with Gasteiger partial charge >= 0.3 is 0 Å². The summed E-state index contributed by atoms with van der Waals surface area (Å²) in [6.45, 7) is 4.59. The fraction of sp³-hybridized carbons (Fsp3) is 0.333. The number of ketones is 1. The number of unbranched alkanes of at least 4 members (excludes halogenated alkanes) is 3. The van der Waals surface area contributed by atoms with Gasteiger partial charge in [-0.15, -0.1) is 0 Å². The van der Waals surface area contributed by atoms with E-state index in [4.69, 9.17) is 0 Å². The summed E-state index contributed by atoms with van der Waals surface area (Å²) < 4.78 is 0.916. The molecule has 1 fully saturated rings. The number of halogens is 1. The average molecular weight is 456 g/mol. The van der Waals surface area contributed by atoms with Crippen LogP contribution in [0.15, 0.2) is 58.6 Å². The predicted molar refractivity (Wildman–Crippen MR) is 118 cm³/mol. The fourth-order valence-corrected chi connectivity index (χ4v) is 3.94. The second-order valence-electron chi connectivity index (χ2n) is 7.47. The van der Waals surface area contributed by atoms with E-state index in [1.54, 1.807) is 17.0 Å². The van der Waals surface area contributed by atoms with Crippen molar-refractivity contribution in [3.63, 3.8) is 0 Å². The van der Waals surface area contributed by atoms with Gasteiger partial charge in [0.05, 0.1) is 11.6 Å². The van der Waals surface area contributed by atoms with Gasteiger partial charge in [-0.3, -0.25) is 9.59 Å². The van der Waals surface area contributed by atoms with Crippen molar-refractivity contribution in [3.05, 3.63) is 75.3 Å². The van der Waals surface area contributed by atoms with Crippen LogP contribution in [0.5, 0.6) is 0 Å². The summed E-state index contributed by atoms with van der Waals surface area (Å²) in [5.41, 5.74) is 2.58. The maximum atomic E-state index is 12.9. The molecule has 0 aliphatic carbocycles. The van der Waals surface area contributed by atoms with Crippen LogP contribution >= 0.6 is 15.9 Å². The summed E-state index contributed by atoms with van der Waals surface area (Å²) in [7, 11) is 0. The number of Topliss-reactive ketones (excluding diaryl/α,β-unsaturated/α-hetero) is 1. The number of benzene rings is 2. The van der Waals surface area contributed by atoms with Gasteiger partial charge in [-0.25, -0.2) is 0 Å². The molecule has 3 rings (SSSR count). The Labute approximate surface area is 180 Å². The fourth-order valence-electron chi connectivity index (χ4n) is 3.68. The molecule has 0 unspecified atom stereocenters. The topological polar surface area (TPSA) is 57.6 Å². The van der Waals surface area contributed by atoms with Crippen molar-refractivity contribution < 1.29 is 14.7 Å². The van der Waals surface area contributed by atoms with Crippen LogP contribution in [0.3, 0.4) is 0 Å². The van der Waals surface area contributed by atoms with Gasteiger partial charge in [-0.1, -0.05) is 84.1 Å². The van der Waals surface area contributed by atoms with Gasteiger partial charge in [0, 0.05) is 16.6 Å². The Morgan fingerprint density at radius 1 is 1.00 bits per heavy atom. The summed E-state index contributed by atoms with van der Waals surface area (Å²) in [5, 5.41) is 11.0. The highest BCUT2D eigenvalue weighted by atomic mass is 79.9. The Balaban J connectivity index is 2.05. The number of hydrogen-bond donors (Lipinski definition) is 1. The molecule has 1 aliphatic heterocycles. The molecule has 0 bridgehead atoms. The third kappa shape index (κ3) is 4.61. The molecule has 2 aromatic carbocycles. The van der Waals surface area contributed by atoms with Crippen molar-refractivity contribution in [2.24, 2.45) is 0 Å². The Morgan fingerprint density at radius 2 is 1.66 bits per heavy atom. The summed E-state index contributed by atoms with van der Waals surface area (Å²) in [4.78, 5) is 27.4. The van der Waals surface area contributed by atoms with Crippen LogP contribution in [0, 0.1) is 6.92 Å². The molecule has 1 saturated heterocycles. The lowest BCUT2D eigenvalue weighted by Crippen LogP contribution is -2.30. The molecule has 1 heterocycles. The first kappa shape index (κ1) is 21.3. The number of carbonyl (C=O) groups is 2. The standard InChI is InChI=1S/C24H26BrNO3/c1-3-4-5-6-15-26-21(17-11-13-19(25)14-12-17)20(23(28)24(26)29)22(27)18-9-7-16(2)8-10-18/h7-14,21,27H,3-6,15H2,1-2H3/b22-20+/t21-/m1/s1. The van der Waals surface area contributed by atoms with Crippen molar-refractivity contribution in [3.8, 4) is 0 Å². The largest absolute Gasteiger partial charge is 0.507 e. The summed E-state index contributed by atoms with van der Waals surface area (Å²) in [5.74, 6) is -1.28. The quantitative estimate of drug-likeness (QED) is 0.250. The SMILES string of the molecule is CCCCCCN1C(=O)C(=O)/C(=C(/O)c2ccc(C)cc2)[C@H]1c1ccc(Br)cc1. The molecule has 2 aromatic rings. The van der Waals surface area contributed by atoms with E-state index in [9.17, 15) is 14.7 Å². The highest BCUT2D eigenvalue weighted by molar-refractivity contribution is 9.10. The Morgan fingerprint density at radius 3 is 2.28 bits per heavy atom. The first-order chi connectivity index (χ1) is 13.9. The molecule has 1 amide bonds. The van der Waals surface area contributed by atoms with E-state index < -0.39 is 17.7 Å². The molecular formula is C24H26BrNO3. The van der Waals surface area contributed by atoms with Crippen molar-refractivity contribution in [1.29, 1.82) is 0 Å². The maximum absolute atomic E-state index is 12.9. The maximum Gasteiger partial charge on any atom is 0.295 e. The van der Waals surface area contributed by atoms with Gasteiger partial charge < -0.3 is 10.0 Å². The molecule has 29 heavy (non-hydrogen) atoms. The number of rotatable bonds is 7. The van der Waals surface area contributed by atoms with Crippen molar-refractivity contribution in [2.75, 3.05) is 6.54 Å². The lowest BCUT2D eigenvalue weighted by atomic mass is 9.95. The lowest BCUT2D eigenvalue weighted by Gasteiger charge is -2.25. The molecular weight excluding hydrogens is 430 g/mol. The van der Waals surface area contributed by atoms with Crippen molar-refractivity contribution >= 4 is 33.4 Å². The minimum Gasteiger partial charge on any atom is -0.507 e. The molecule has 0 spiro atoms. The minimum atomic E-state index is -0.619. The van der Waals surface area contributed by atoms with Crippen molar-refractivity contribution in [1.82, 2.24) is 4.90 Å². The zero-order valence-electron chi connectivity index (χ0n) is 16.8. The Bertz CT molecular complexity index is 916. The van der Waals surface area contributed by atoms with Crippen LogP contribution in [-0.2, 0) is 9.59 Å². The zero-order chi connectivity index (χ0) is 21.0. The van der Waals surface area contributed by atoms with Gasteiger partial charge in [-0.2, -0.15) is 0 Å². The van der Waals surface area contributed by atoms with Gasteiger partial charge in [0.15, 0.2) is 0 Å². The zero-order valence-corrected chi connectivity index (χ0v) is 18.4. The molecule has 5 heteroatoms. The van der Waals surface area contributed by atoms with E-state index in [2.05, 4.69) is 22.9 Å². The molecule has 0 radical (unpaired) electrons. The summed E-state index contributed by atoms with van der Waals surface area (Å²) >= 11 is 3.43. The number of likely N-dealkylation sites (tertiary alicyclic amines) is 1. The van der Waals surface area contributed by atoms with E-state index in [1.165, 1.54) is 0 Å². The third-order valence-electron chi connectivity index (χ3n) is 5.30. The van der Waals surface area contributed by atoms with Crippen LogP contribution in [-0.4, -0.2) is 28.2 Å². The van der Waals surface area contributed by atoms with E-state index >= 15 is 0 Å². The van der Waals surface area contributed by atoms with Crippen LogP contribution in [0.1, 0.15) is 55.3 Å². The molecule has 1 atom stereocenters. The summed E-state index contributed by atoms with van der Waals surface area (Å²) in [6.07, 6.45) is 4.03. The van der Waals surface area contributed by atoms with Crippen LogP contribution in [0.2, 0.25) is 0 Å². The number of aryl methyl sites for hydroxylation is 1. The first-order valence-corrected chi connectivity index (χ1v) is 10.8. The van der Waals surface area contributed by atoms with E-state index in [1.807, 2.05) is 43.3 Å². The molecule has 4 nitrogen and oxygen atoms in total. The van der Waals surface area contributed by atoms with Gasteiger partial charge in [0.25, 0.3) is 11.7 Å². The average Bonchev–Trinajstić information content (AvgIpc) is 2.96. The van der Waals surface area contributed by atoms with E-state index in [0.717, 1.165) is 41.3 Å². The molecule has 0 saturated carbocycles. The van der Waals surface area contributed by atoms with E-state index in [-0.39, 0.29) is 11.3 Å². The highest BCUT2D eigenvalue weighted by Gasteiger charge is 2.45. The normalized spacial score (nSPS) is 18.4. The number of aliphatic hydroxyl groups is 1. The lowest BCUT2D eigenvalue weighted by molar-refractivity contribution is -0.139. The first-order valence-electron chi connectivity index (χ1n) is 10.0. The van der Waals surface area contributed by atoms with Crippen LogP contribution in [0.25, 0.3) is 5.76 Å². The number of nitrogens with zero attached hydrogens (tertiary/aromatic N) is 1. The Hall–Kier alpha value is -2.40. The number of amides is 1. The predicted octanol–water partition coefficient (Wildman–Crippen LogP) is 5.76. The van der Waals surface area contributed by atoms with Gasteiger partial charge in [0.2, 0.25) is 0 Å². The Kier molecular flexibility index (Phi) is 6.91. The van der Waals surface area contributed by atoms with Crippen LogP contribution < -0.4 is 0 Å². The smallest absolute Gasteiger partial charge is 0.295 e. The molecule has 152 valence electrons. The third-order valence-corrected chi connectivity index (χ3v) is 5.83. The second kappa shape index (κ2) is 9.40.